The lowest BCUT2D eigenvalue weighted by Crippen LogP contribution is -2.55. The molecule has 7 N–H and O–H groups in total. The van der Waals surface area contributed by atoms with E-state index in [1.807, 2.05) is 45.8 Å². The highest BCUT2D eigenvalue weighted by Crippen LogP contribution is 2.41. The monoisotopic (exact) mass is 913 g/mol. The van der Waals surface area contributed by atoms with E-state index in [0.717, 1.165) is 41.2 Å². The van der Waals surface area contributed by atoms with Crippen molar-refractivity contribution >= 4 is 71.6 Å². The average Bonchev–Trinajstić information content (AvgIpc) is 3.88. The molecule has 5 aliphatic heterocycles. The lowest BCUT2D eigenvalue weighted by Gasteiger charge is -2.38. The summed E-state index contributed by atoms with van der Waals surface area (Å²) in [6.07, 6.45) is 5.50. The van der Waals surface area contributed by atoms with Crippen LogP contribution < -0.4 is 31.9 Å². The van der Waals surface area contributed by atoms with Crippen molar-refractivity contribution in [1.82, 2.24) is 51.1 Å². The Morgan fingerprint density at radius 3 is 2.21 bits per heavy atom. The van der Waals surface area contributed by atoms with E-state index in [-0.39, 0.29) is 79.1 Å². The predicted molar refractivity (Wildman–Crippen MR) is 241 cm³/mol. The van der Waals surface area contributed by atoms with E-state index in [9.17, 15) is 38.7 Å². The number of imide groups is 1. The lowest BCUT2D eigenvalue weighted by atomic mass is 9.88. The Morgan fingerprint density at radius 2 is 1.49 bits per heavy atom. The number of unbranched alkanes of at least 4 members (excludes halogenated alkanes) is 1. The van der Waals surface area contributed by atoms with E-state index >= 15 is 0 Å². The molecule has 21 heteroatoms. The van der Waals surface area contributed by atoms with Crippen molar-refractivity contribution in [2.24, 2.45) is 0 Å². The molecule has 2 unspecified atom stereocenters. The number of amides is 8. The van der Waals surface area contributed by atoms with Crippen LogP contribution in [0.5, 0.6) is 0 Å². The van der Waals surface area contributed by atoms with Gasteiger partial charge in [-0.05, 0) is 43.9 Å². The number of thiol groups is 1. The molecule has 1 aromatic rings. The highest BCUT2D eigenvalue weighted by Gasteiger charge is 2.52. The standard InChI is InChI=1S/C42H63N11O8S2/c1-42-31(47-40(61)48-42)28-63-32(42)5-2-3-6-33(54)43-25-29-8-10-30(11-9-29)46-41(62)45-27-39(60)51-19-17-49(18-20-51)16-14-35(56)50-21-23-52(24-22-50)38(59)26-44-34(55)7-4-15-53-36(57)12-13-37(53)58/h8-13,31-32,38,41,45-46,59,62H,2-7,14-28H2,1H3,(H,43,54)(H,44,55)(H2,47,48,61)/t31-,32-,38?,41?,42-/m0/s1. The average molecular weight is 914 g/mol. The zero-order valence-corrected chi connectivity index (χ0v) is 37.7. The molecule has 0 bridgehead atoms. The Balaban J connectivity index is 0.762. The fourth-order valence-electron chi connectivity index (χ4n) is 8.47. The summed E-state index contributed by atoms with van der Waals surface area (Å²) in [7, 11) is 0. The van der Waals surface area contributed by atoms with Crippen LogP contribution in [0.2, 0.25) is 0 Å². The first-order valence-corrected chi connectivity index (χ1v) is 23.6. The maximum absolute atomic E-state index is 13.0. The van der Waals surface area contributed by atoms with Gasteiger partial charge >= 0.3 is 6.03 Å². The number of thioether (sulfide) groups is 1. The van der Waals surface area contributed by atoms with Gasteiger partial charge in [0.25, 0.3) is 11.8 Å². The van der Waals surface area contributed by atoms with Crippen molar-refractivity contribution in [3.8, 4) is 0 Å². The Labute approximate surface area is 378 Å². The van der Waals surface area contributed by atoms with Gasteiger partial charge < -0.3 is 41.5 Å². The van der Waals surface area contributed by atoms with E-state index in [2.05, 4.69) is 56.4 Å². The Bertz CT molecular complexity index is 1810. The van der Waals surface area contributed by atoms with Gasteiger partial charge in [0.15, 0.2) is 0 Å². The number of rotatable bonds is 22. The summed E-state index contributed by atoms with van der Waals surface area (Å²) in [6.45, 7) is 7.84. The third-order valence-electron chi connectivity index (χ3n) is 12.5. The Kier molecular flexibility index (Phi) is 17.5. The van der Waals surface area contributed by atoms with Crippen molar-refractivity contribution in [2.75, 3.05) is 89.6 Å². The molecule has 4 saturated heterocycles. The number of benzene rings is 1. The summed E-state index contributed by atoms with van der Waals surface area (Å²) in [6, 6.07) is 7.78. The molecule has 0 spiro atoms. The van der Waals surface area contributed by atoms with Gasteiger partial charge in [0.1, 0.15) is 11.7 Å². The van der Waals surface area contributed by atoms with Crippen LogP contribution in [-0.4, -0.2) is 184 Å². The lowest BCUT2D eigenvalue weighted by molar-refractivity contribution is -0.138. The van der Waals surface area contributed by atoms with Gasteiger partial charge in [0.2, 0.25) is 23.6 Å². The maximum atomic E-state index is 13.0. The maximum Gasteiger partial charge on any atom is 0.315 e. The Morgan fingerprint density at radius 1 is 0.841 bits per heavy atom. The van der Waals surface area contributed by atoms with Crippen LogP contribution in [0.15, 0.2) is 36.4 Å². The normalized spacial score (nSPS) is 23.6. The van der Waals surface area contributed by atoms with Gasteiger partial charge in [-0.15, -0.1) is 12.6 Å². The van der Waals surface area contributed by atoms with Gasteiger partial charge in [-0.1, -0.05) is 18.6 Å². The van der Waals surface area contributed by atoms with E-state index < -0.39 is 11.7 Å². The molecule has 0 saturated carbocycles. The molecule has 5 atom stereocenters. The van der Waals surface area contributed by atoms with Gasteiger partial charge in [-0.25, -0.2) is 4.79 Å². The molecule has 4 fully saturated rings. The molecule has 19 nitrogen and oxygen atoms in total. The second-order valence-corrected chi connectivity index (χ2v) is 18.6. The van der Waals surface area contributed by atoms with Crippen LogP contribution in [-0.2, 0) is 35.3 Å². The third kappa shape index (κ3) is 13.8. The number of carbonyl (C=O) groups excluding carboxylic acids is 7. The first-order chi connectivity index (χ1) is 30.3. The zero-order valence-electron chi connectivity index (χ0n) is 36.0. The summed E-state index contributed by atoms with van der Waals surface area (Å²) >= 11 is 6.45. The number of aliphatic hydroxyl groups excluding tert-OH is 1. The molecule has 0 aromatic heterocycles. The Hall–Kier alpha value is -4.41. The number of carbonyl (C=O) groups is 7. The van der Waals surface area contributed by atoms with E-state index in [4.69, 9.17) is 0 Å². The zero-order chi connectivity index (χ0) is 44.9. The van der Waals surface area contributed by atoms with Crippen LogP contribution in [0.4, 0.5) is 10.5 Å². The minimum atomic E-state index is -0.892. The summed E-state index contributed by atoms with van der Waals surface area (Å²) in [4.78, 5) is 94.4. The quantitative estimate of drug-likeness (QED) is 0.0241. The molecule has 5 heterocycles. The smallest absolute Gasteiger partial charge is 0.315 e. The SMILES string of the molecule is C[C@]12NC(=O)N[C@H]1CS[C@H]2CCCCC(=O)NCc1ccc(NC(S)NCC(=O)N2CCN(CCC(=O)N3CCN(C(O)CNC(=O)CCCN4C(=O)C=CC4=O)CC3)CC2)cc1. The van der Waals surface area contributed by atoms with Crippen LogP contribution >= 0.6 is 24.4 Å². The van der Waals surface area contributed by atoms with Crippen LogP contribution in [0.1, 0.15) is 57.4 Å². The minimum Gasteiger partial charge on any atom is -0.377 e. The predicted octanol–water partition coefficient (Wildman–Crippen LogP) is -0.548. The third-order valence-corrected chi connectivity index (χ3v) is 14.4. The fourth-order valence-corrected chi connectivity index (χ4v) is 10.5. The highest BCUT2D eigenvalue weighted by molar-refractivity contribution is 8.00. The molecular formula is C42H63N11O8S2. The van der Waals surface area contributed by atoms with Crippen molar-refractivity contribution in [1.29, 1.82) is 0 Å². The van der Waals surface area contributed by atoms with Gasteiger partial charge in [0, 0.05) is 120 Å². The molecule has 63 heavy (non-hydrogen) atoms. The number of hydrogen-bond acceptors (Lipinski definition) is 14. The van der Waals surface area contributed by atoms with Crippen molar-refractivity contribution in [3.63, 3.8) is 0 Å². The fraction of sp³-hybridized carbons (Fsp3) is 0.643. The van der Waals surface area contributed by atoms with Crippen molar-refractivity contribution in [3.05, 3.63) is 42.0 Å². The first kappa shape index (κ1) is 48.1. The number of aliphatic hydroxyl groups is 1. The van der Waals surface area contributed by atoms with E-state index in [1.165, 1.54) is 12.2 Å². The van der Waals surface area contributed by atoms with Crippen molar-refractivity contribution < 1.29 is 38.7 Å². The van der Waals surface area contributed by atoms with Crippen LogP contribution in [0.3, 0.4) is 0 Å². The van der Waals surface area contributed by atoms with Crippen molar-refractivity contribution in [2.45, 2.75) is 87.0 Å². The molecule has 0 radical (unpaired) electrons. The molecule has 1 aromatic carbocycles. The van der Waals surface area contributed by atoms with E-state index in [1.54, 1.807) is 4.90 Å². The summed E-state index contributed by atoms with van der Waals surface area (Å²) in [5.41, 5.74) is 1.12. The van der Waals surface area contributed by atoms with Gasteiger partial charge in [-0.3, -0.25) is 48.8 Å². The number of nitrogens with zero attached hydrogens (tertiary/aromatic N) is 5. The molecule has 0 aliphatic carbocycles. The highest BCUT2D eigenvalue weighted by atomic mass is 32.2. The number of nitrogens with one attached hydrogen (secondary N) is 6. The van der Waals surface area contributed by atoms with E-state index in [0.29, 0.717) is 90.0 Å². The number of anilines is 1. The second-order valence-electron chi connectivity index (χ2n) is 16.8. The largest absolute Gasteiger partial charge is 0.377 e. The van der Waals surface area contributed by atoms with Gasteiger partial charge in [0.05, 0.1) is 24.7 Å². The number of urea groups is 1. The van der Waals surface area contributed by atoms with Gasteiger partial charge in [-0.2, -0.15) is 11.8 Å². The summed E-state index contributed by atoms with van der Waals surface area (Å²) in [5.74, 6) is -0.0827. The first-order valence-electron chi connectivity index (χ1n) is 22.0. The minimum absolute atomic E-state index is 0.0163. The molecule has 346 valence electrons. The molecule has 6 rings (SSSR count). The van der Waals surface area contributed by atoms with Crippen LogP contribution in [0, 0.1) is 0 Å². The molecular weight excluding hydrogens is 851 g/mol. The van der Waals surface area contributed by atoms with Crippen LogP contribution in [0.25, 0.3) is 0 Å². The molecule has 8 amide bonds. The second kappa shape index (κ2) is 23.0. The number of piperazine rings is 2. The summed E-state index contributed by atoms with van der Waals surface area (Å²) < 4.78 is 0. The number of fused-ring (bicyclic) bond motifs is 1. The summed E-state index contributed by atoms with van der Waals surface area (Å²) in [5, 5.41) is 29.1. The number of hydrogen-bond donors (Lipinski definition) is 8. The molecule has 5 aliphatic rings. The topological polar surface area (TPSA) is 228 Å².